The van der Waals surface area contributed by atoms with Crippen molar-refractivity contribution in [2.75, 3.05) is 13.1 Å². The highest BCUT2D eigenvalue weighted by Crippen LogP contribution is 2.52. The van der Waals surface area contributed by atoms with E-state index in [1.165, 1.54) is 11.3 Å². The van der Waals surface area contributed by atoms with Crippen LogP contribution in [0.4, 0.5) is 4.79 Å². The van der Waals surface area contributed by atoms with Crippen LogP contribution in [0.3, 0.4) is 0 Å². The van der Waals surface area contributed by atoms with Gasteiger partial charge in [-0.25, -0.2) is 4.79 Å². The normalized spacial score (nSPS) is 33.4. The van der Waals surface area contributed by atoms with E-state index in [2.05, 4.69) is 5.32 Å². The number of carbonyl (C=O) groups excluding carboxylic acids is 3. The summed E-state index contributed by atoms with van der Waals surface area (Å²) in [5.41, 5.74) is 5.26. The lowest BCUT2D eigenvalue weighted by atomic mass is 10.2. The molecule has 1 saturated heterocycles. The molecule has 1 unspecified atom stereocenters. The van der Waals surface area contributed by atoms with Gasteiger partial charge in [-0.3, -0.25) is 9.59 Å². The van der Waals surface area contributed by atoms with Crippen LogP contribution < -0.4 is 11.1 Å². The number of carbonyl (C=O) groups is 3. The number of ether oxygens (including phenoxy) is 1. The highest BCUT2D eigenvalue weighted by molar-refractivity contribution is 5.89. The lowest BCUT2D eigenvalue weighted by molar-refractivity contribution is -0.136. The molecule has 21 heavy (non-hydrogen) atoms. The first-order valence-electron chi connectivity index (χ1n) is 7.58. The highest BCUT2D eigenvalue weighted by atomic mass is 16.6. The number of alkyl carbamates (subject to hydrolysis) is 1. The van der Waals surface area contributed by atoms with E-state index in [0.29, 0.717) is 13.0 Å². The van der Waals surface area contributed by atoms with Crippen molar-refractivity contribution in [3.05, 3.63) is 0 Å². The van der Waals surface area contributed by atoms with Gasteiger partial charge in [-0.1, -0.05) is 0 Å². The summed E-state index contributed by atoms with van der Waals surface area (Å²) < 4.78 is 5.29. The van der Waals surface area contributed by atoms with Crippen LogP contribution in [0.1, 0.15) is 32.1 Å². The summed E-state index contributed by atoms with van der Waals surface area (Å²) in [5, 5.41) is 2.47. The van der Waals surface area contributed by atoms with E-state index < -0.39 is 18.0 Å². The molecule has 7 nitrogen and oxygen atoms in total. The van der Waals surface area contributed by atoms with Gasteiger partial charge >= 0.3 is 6.09 Å². The van der Waals surface area contributed by atoms with Crippen LogP contribution in [0.15, 0.2) is 0 Å². The van der Waals surface area contributed by atoms with Gasteiger partial charge in [0.05, 0.1) is 0 Å². The van der Waals surface area contributed by atoms with Crippen LogP contribution in [0.5, 0.6) is 0 Å². The van der Waals surface area contributed by atoms with Crippen molar-refractivity contribution in [2.24, 2.45) is 17.6 Å². The number of amides is 3. The van der Waals surface area contributed by atoms with E-state index in [1.54, 1.807) is 0 Å². The number of nitrogens with two attached hydrogens (primary N) is 1. The van der Waals surface area contributed by atoms with Gasteiger partial charge in [-0.2, -0.15) is 0 Å². The molecule has 3 fully saturated rings. The van der Waals surface area contributed by atoms with Crippen molar-refractivity contribution in [3.63, 3.8) is 0 Å². The van der Waals surface area contributed by atoms with Crippen LogP contribution in [0, 0.1) is 11.8 Å². The molecule has 3 aliphatic rings. The van der Waals surface area contributed by atoms with Gasteiger partial charge < -0.3 is 20.7 Å². The number of nitrogens with one attached hydrogen (secondary N) is 1. The first kappa shape index (κ1) is 14.2. The predicted octanol–water partition coefficient (Wildman–Crippen LogP) is -0.0126. The first-order chi connectivity index (χ1) is 10.0. The van der Waals surface area contributed by atoms with Crippen LogP contribution in [0.25, 0.3) is 0 Å². The third-order valence-corrected chi connectivity index (χ3v) is 4.76. The van der Waals surface area contributed by atoms with E-state index in [4.69, 9.17) is 10.5 Å². The maximum atomic E-state index is 12.0. The van der Waals surface area contributed by atoms with E-state index in [9.17, 15) is 14.4 Å². The molecule has 116 valence electrons. The fourth-order valence-electron chi connectivity index (χ4n) is 3.56. The Morgan fingerprint density at radius 1 is 1.19 bits per heavy atom. The van der Waals surface area contributed by atoms with Gasteiger partial charge in [0, 0.05) is 6.54 Å². The topological polar surface area (TPSA) is 102 Å². The number of nitrogens with zero attached hydrogens (tertiary/aromatic N) is 1. The molecule has 3 rings (SSSR count). The van der Waals surface area contributed by atoms with Crippen molar-refractivity contribution >= 4 is 17.9 Å². The summed E-state index contributed by atoms with van der Waals surface area (Å²) in [7, 11) is 0. The second-order valence-electron chi connectivity index (χ2n) is 6.26. The molecule has 4 atom stereocenters. The van der Waals surface area contributed by atoms with E-state index >= 15 is 0 Å². The first-order valence-corrected chi connectivity index (χ1v) is 7.58. The van der Waals surface area contributed by atoms with Crippen molar-refractivity contribution in [1.29, 1.82) is 0 Å². The Morgan fingerprint density at radius 3 is 2.57 bits per heavy atom. The minimum Gasteiger partial charge on any atom is -0.446 e. The maximum Gasteiger partial charge on any atom is 0.407 e. The molecule has 2 aliphatic carbocycles. The molecule has 0 spiro atoms. The molecule has 0 bridgehead atoms. The fourth-order valence-corrected chi connectivity index (χ4v) is 3.56. The van der Waals surface area contributed by atoms with Gasteiger partial charge in [-0.15, -0.1) is 0 Å². The number of hydrogen-bond donors (Lipinski definition) is 2. The van der Waals surface area contributed by atoms with E-state index in [1.807, 2.05) is 0 Å². The molecular formula is C14H21N3O4. The molecule has 0 aromatic rings. The zero-order chi connectivity index (χ0) is 15.0. The van der Waals surface area contributed by atoms with Gasteiger partial charge in [0.1, 0.15) is 18.7 Å². The minimum atomic E-state index is -0.551. The zero-order valence-electron chi connectivity index (χ0n) is 11.9. The lowest BCUT2D eigenvalue weighted by Gasteiger charge is -2.22. The van der Waals surface area contributed by atoms with Crippen LogP contribution in [-0.2, 0) is 14.3 Å². The average Bonchev–Trinajstić information content (AvgIpc) is 2.90. The van der Waals surface area contributed by atoms with Gasteiger partial charge in [0.25, 0.3) is 0 Å². The second kappa shape index (κ2) is 5.54. The zero-order valence-corrected chi connectivity index (χ0v) is 11.9. The third kappa shape index (κ3) is 3.11. The summed E-state index contributed by atoms with van der Waals surface area (Å²) in [4.78, 5) is 36.3. The lowest BCUT2D eigenvalue weighted by Crippen LogP contribution is -2.47. The molecule has 3 amide bonds. The molecular weight excluding hydrogens is 274 g/mol. The molecule has 0 aromatic heterocycles. The van der Waals surface area contributed by atoms with Crippen molar-refractivity contribution in [2.45, 2.75) is 44.2 Å². The van der Waals surface area contributed by atoms with E-state index in [-0.39, 0.29) is 18.6 Å². The monoisotopic (exact) mass is 295 g/mol. The smallest absolute Gasteiger partial charge is 0.407 e. The van der Waals surface area contributed by atoms with Gasteiger partial charge in [-0.05, 0) is 43.9 Å². The third-order valence-electron chi connectivity index (χ3n) is 4.76. The Balaban J connectivity index is 1.40. The van der Waals surface area contributed by atoms with E-state index in [0.717, 1.165) is 31.1 Å². The number of hydrogen-bond acceptors (Lipinski definition) is 4. The maximum absolute atomic E-state index is 12.0. The molecule has 0 radical (unpaired) electrons. The Kier molecular flexibility index (Phi) is 3.73. The Labute approximate surface area is 123 Å². The molecule has 1 heterocycles. The highest BCUT2D eigenvalue weighted by Gasteiger charge is 2.47. The molecule has 0 aromatic carbocycles. The fraction of sp³-hybridized carbons (Fsp3) is 0.786. The Morgan fingerprint density at radius 2 is 1.90 bits per heavy atom. The van der Waals surface area contributed by atoms with Crippen molar-refractivity contribution in [3.8, 4) is 0 Å². The SMILES string of the molecule is NC(=O)[C@@H]1CCCN1C(=O)CNC(=O)OC1C[C@@H]2C[C@@H]2C1. The predicted molar refractivity (Wildman–Crippen MR) is 73.0 cm³/mol. The summed E-state index contributed by atoms with van der Waals surface area (Å²) in [6, 6.07) is -0.544. The standard InChI is InChI=1S/C14H21N3O4/c15-13(19)11-2-1-3-17(11)12(18)7-16-14(20)21-10-5-8-4-9(8)6-10/h8-11H,1-7H2,(H2,15,19)(H,16,20)/t8-,9+,10?,11-/m0/s1. The summed E-state index contributed by atoms with van der Waals surface area (Å²) >= 11 is 0. The summed E-state index contributed by atoms with van der Waals surface area (Å²) in [6.45, 7) is 0.358. The number of primary amides is 1. The van der Waals surface area contributed by atoms with Gasteiger partial charge in [0.15, 0.2) is 0 Å². The largest absolute Gasteiger partial charge is 0.446 e. The summed E-state index contributed by atoms with van der Waals surface area (Å²) in [5.74, 6) is 0.701. The molecule has 7 heteroatoms. The Hall–Kier alpha value is -1.79. The Bertz CT molecular complexity index is 457. The summed E-state index contributed by atoms with van der Waals surface area (Å²) in [6.07, 6.45) is 3.96. The molecule has 1 aliphatic heterocycles. The minimum absolute atomic E-state index is 0.00555. The number of fused-ring (bicyclic) bond motifs is 1. The molecule has 3 N–H and O–H groups in total. The van der Waals surface area contributed by atoms with Crippen LogP contribution in [0.2, 0.25) is 0 Å². The van der Waals surface area contributed by atoms with Crippen LogP contribution >= 0.6 is 0 Å². The van der Waals surface area contributed by atoms with Gasteiger partial charge in [0.2, 0.25) is 11.8 Å². The average molecular weight is 295 g/mol. The number of likely N-dealkylation sites (tertiary alicyclic amines) is 1. The van der Waals surface area contributed by atoms with Crippen molar-refractivity contribution in [1.82, 2.24) is 10.2 Å². The second-order valence-corrected chi connectivity index (χ2v) is 6.26. The number of rotatable bonds is 4. The van der Waals surface area contributed by atoms with Crippen molar-refractivity contribution < 1.29 is 19.1 Å². The quantitative estimate of drug-likeness (QED) is 0.761. The molecule has 2 saturated carbocycles. The van der Waals surface area contributed by atoms with Crippen LogP contribution in [-0.4, -0.2) is 48.0 Å².